The average molecular weight is 257 g/mol. The molecule has 1 N–H and O–H groups in total. The molecule has 0 amide bonds. The van der Waals surface area contributed by atoms with Gasteiger partial charge in [-0.2, -0.15) is 0 Å². The number of nitrogens with zero attached hydrogens (tertiary/aromatic N) is 2. The van der Waals surface area contributed by atoms with E-state index in [4.69, 9.17) is 4.74 Å². The number of thiazole rings is 1. The number of hydrogen-bond acceptors (Lipinski definition) is 5. The van der Waals surface area contributed by atoms with Crippen molar-refractivity contribution in [2.75, 3.05) is 32.2 Å². The Bertz CT molecular complexity index is 316. The van der Waals surface area contributed by atoms with E-state index in [2.05, 4.69) is 36.1 Å². The molecular weight excluding hydrogens is 234 g/mol. The zero-order valence-electron chi connectivity index (χ0n) is 11.2. The van der Waals surface area contributed by atoms with E-state index >= 15 is 0 Å². The van der Waals surface area contributed by atoms with E-state index in [0.717, 1.165) is 31.2 Å². The fourth-order valence-electron chi connectivity index (χ4n) is 1.39. The van der Waals surface area contributed by atoms with Crippen molar-refractivity contribution in [3.05, 3.63) is 11.1 Å². The van der Waals surface area contributed by atoms with Crippen LogP contribution in [-0.4, -0.2) is 38.3 Å². The maximum absolute atomic E-state index is 4.99. The van der Waals surface area contributed by atoms with Crippen LogP contribution in [0.2, 0.25) is 0 Å². The summed E-state index contributed by atoms with van der Waals surface area (Å²) in [5.74, 6) is 0. The maximum Gasteiger partial charge on any atom is 0.185 e. The number of anilines is 1. The molecule has 98 valence electrons. The van der Waals surface area contributed by atoms with Gasteiger partial charge < -0.3 is 15.0 Å². The first-order valence-electron chi connectivity index (χ1n) is 6.06. The highest BCUT2D eigenvalue weighted by Gasteiger charge is 2.11. The molecule has 0 aliphatic carbocycles. The van der Waals surface area contributed by atoms with Crippen LogP contribution in [0.4, 0.5) is 5.13 Å². The van der Waals surface area contributed by atoms with Crippen molar-refractivity contribution in [1.82, 2.24) is 10.3 Å². The van der Waals surface area contributed by atoms with Gasteiger partial charge in [0.25, 0.3) is 0 Å². The number of aromatic nitrogens is 1. The predicted molar refractivity (Wildman–Crippen MR) is 73.9 cm³/mol. The van der Waals surface area contributed by atoms with Gasteiger partial charge in [-0.15, -0.1) is 11.3 Å². The van der Waals surface area contributed by atoms with E-state index in [1.807, 2.05) is 6.20 Å². The molecule has 0 spiro atoms. The normalized spacial score (nSPS) is 12.7. The molecule has 1 heterocycles. The highest BCUT2D eigenvalue weighted by atomic mass is 32.1. The Morgan fingerprint density at radius 3 is 3.00 bits per heavy atom. The van der Waals surface area contributed by atoms with Gasteiger partial charge in [-0.05, 0) is 13.3 Å². The van der Waals surface area contributed by atoms with Gasteiger partial charge >= 0.3 is 0 Å². The highest BCUT2D eigenvalue weighted by molar-refractivity contribution is 7.15. The SMILES string of the molecule is CCC(C)N(C)c1ncc(CNCCOC)s1. The smallest absolute Gasteiger partial charge is 0.185 e. The third-order valence-corrected chi connectivity index (χ3v) is 3.97. The molecule has 1 aromatic rings. The van der Waals surface area contributed by atoms with E-state index < -0.39 is 0 Å². The van der Waals surface area contributed by atoms with E-state index in [9.17, 15) is 0 Å². The summed E-state index contributed by atoms with van der Waals surface area (Å²) in [6.07, 6.45) is 3.09. The summed E-state index contributed by atoms with van der Waals surface area (Å²) in [4.78, 5) is 7.97. The standard InChI is InChI=1S/C12H23N3OS/c1-5-10(2)15(3)12-14-9-11(17-12)8-13-6-7-16-4/h9-10,13H,5-8H2,1-4H3. The summed E-state index contributed by atoms with van der Waals surface area (Å²) < 4.78 is 4.99. The minimum atomic E-state index is 0.537. The first-order valence-corrected chi connectivity index (χ1v) is 6.87. The van der Waals surface area contributed by atoms with Gasteiger partial charge in [-0.25, -0.2) is 4.98 Å². The minimum absolute atomic E-state index is 0.537. The number of hydrogen-bond donors (Lipinski definition) is 1. The number of ether oxygens (including phenoxy) is 1. The van der Waals surface area contributed by atoms with Gasteiger partial charge in [-0.3, -0.25) is 0 Å². The molecule has 0 aliphatic heterocycles. The Hall–Kier alpha value is -0.650. The lowest BCUT2D eigenvalue weighted by atomic mass is 10.2. The Balaban J connectivity index is 2.42. The Labute approximate surface area is 108 Å². The van der Waals surface area contributed by atoms with Crippen molar-refractivity contribution in [3.63, 3.8) is 0 Å². The number of nitrogens with one attached hydrogen (secondary N) is 1. The molecule has 1 atom stereocenters. The molecule has 0 aliphatic rings. The van der Waals surface area contributed by atoms with Crippen LogP contribution < -0.4 is 10.2 Å². The Morgan fingerprint density at radius 1 is 1.59 bits per heavy atom. The van der Waals surface area contributed by atoms with Gasteiger partial charge in [0.05, 0.1) is 6.61 Å². The zero-order chi connectivity index (χ0) is 12.7. The third kappa shape index (κ3) is 4.61. The molecule has 0 saturated carbocycles. The summed E-state index contributed by atoms with van der Waals surface area (Å²) >= 11 is 1.75. The molecule has 0 bridgehead atoms. The van der Waals surface area contributed by atoms with E-state index in [0.29, 0.717) is 6.04 Å². The molecular formula is C12H23N3OS. The number of methoxy groups -OCH3 is 1. The first kappa shape index (κ1) is 14.4. The number of rotatable bonds is 8. The lowest BCUT2D eigenvalue weighted by molar-refractivity contribution is 0.199. The molecule has 5 heteroatoms. The van der Waals surface area contributed by atoms with Crippen LogP contribution >= 0.6 is 11.3 Å². The van der Waals surface area contributed by atoms with Crippen molar-refractivity contribution in [1.29, 1.82) is 0 Å². The van der Waals surface area contributed by atoms with Crippen LogP contribution in [0.25, 0.3) is 0 Å². The van der Waals surface area contributed by atoms with Gasteiger partial charge in [0, 0.05) is 44.4 Å². The lowest BCUT2D eigenvalue weighted by Crippen LogP contribution is -2.27. The van der Waals surface area contributed by atoms with Crippen molar-refractivity contribution in [2.24, 2.45) is 0 Å². The molecule has 17 heavy (non-hydrogen) atoms. The Morgan fingerprint density at radius 2 is 2.35 bits per heavy atom. The fourth-order valence-corrected chi connectivity index (χ4v) is 2.33. The quantitative estimate of drug-likeness (QED) is 0.724. The average Bonchev–Trinajstić information content (AvgIpc) is 2.81. The second kappa shape index (κ2) is 7.63. The van der Waals surface area contributed by atoms with Gasteiger partial charge in [0.1, 0.15) is 0 Å². The zero-order valence-corrected chi connectivity index (χ0v) is 12.0. The van der Waals surface area contributed by atoms with Crippen LogP contribution in [0.1, 0.15) is 25.1 Å². The van der Waals surface area contributed by atoms with E-state index in [1.165, 1.54) is 4.88 Å². The molecule has 1 aromatic heterocycles. The van der Waals surface area contributed by atoms with Crippen LogP contribution in [0.3, 0.4) is 0 Å². The Kier molecular flexibility index (Phi) is 6.47. The molecule has 0 radical (unpaired) electrons. The maximum atomic E-state index is 4.99. The summed E-state index contributed by atoms with van der Waals surface area (Å²) in [6, 6.07) is 0.537. The second-order valence-corrected chi connectivity index (χ2v) is 5.24. The molecule has 4 nitrogen and oxygen atoms in total. The van der Waals surface area contributed by atoms with E-state index in [1.54, 1.807) is 18.4 Å². The summed E-state index contributed by atoms with van der Waals surface area (Å²) in [7, 11) is 3.82. The van der Waals surface area contributed by atoms with Crippen LogP contribution in [0.15, 0.2) is 6.20 Å². The van der Waals surface area contributed by atoms with Crippen molar-refractivity contribution >= 4 is 16.5 Å². The topological polar surface area (TPSA) is 37.4 Å². The monoisotopic (exact) mass is 257 g/mol. The first-order chi connectivity index (χ1) is 8.19. The lowest BCUT2D eigenvalue weighted by Gasteiger charge is -2.22. The molecule has 0 aromatic carbocycles. The molecule has 1 unspecified atom stereocenters. The molecule has 0 saturated heterocycles. The van der Waals surface area contributed by atoms with Crippen molar-refractivity contribution < 1.29 is 4.74 Å². The summed E-state index contributed by atoms with van der Waals surface area (Å²) in [5, 5.41) is 4.42. The van der Waals surface area contributed by atoms with E-state index in [-0.39, 0.29) is 0 Å². The van der Waals surface area contributed by atoms with Gasteiger partial charge in [-0.1, -0.05) is 6.92 Å². The largest absolute Gasteiger partial charge is 0.383 e. The highest BCUT2D eigenvalue weighted by Crippen LogP contribution is 2.23. The molecule has 0 fully saturated rings. The second-order valence-electron chi connectivity index (χ2n) is 4.15. The van der Waals surface area contributed by atoms with Gasteiger partial charge in [0.2, 0.25) is 0 Å². The predicted octanol–water partition coefficient (Wildman–Crippen LogP) is 2.11. The fraction of sp³-hybridized carbons (Fsp3) is 0.750. The minimum Gasteiger partial charge on any atom is -0.383 e. The van der Waals surface area contributed by atoms with Crippen LogP contribution in [0.5, 0.6) is 0 Å². The summed E-state index contributed by atoms with van der Waals surface area (Å²) in [6.45, 7) is 6.92. The van der Waals surface area contributed by atoms with Crippen LogP contribution in [0, 0.1) is 0 Å². The van der Waals surface area contributed by atoms with Crippen LogP contribution in [-0.2, 0) is 11.3 Å². The summed E-state index contributed by atoms with van der Waals surface area (Å²) in [5.41, 5.74) is 0. The van der Waals surface area contributed by atoms with Gasteiger partial charge in [0.15, 0.2) is 5.13 Å². The van der Waals surface area contributed by atoms with Crippen molar-refractivity contribution in [2.45, 2.75) is 32.9 Å². The molecule has 1 rings (SSSR count). The third-order valence-electron chi connectivity index (χ3n) is 2.88. The van der Waals surface area contributed by atoms with Crippen molar-refractivity contribution in [3.8, 4) is 0 Å².